The van der Waals surface area contributed by atoms with Gasteiger partial charge in [-0.25, -0.2) is 4.72 Å². The second-order valence-electron chi connectivity index (χ2n) is 16.8. The van der Waals surface area contributed by atoms with Crippen LogP contribution in [0.2, 0.25) is 5.02 Å². The Hall–Kier alpha value is -3.24. The zero-order valence-electron chi connectivity index (χ0n) is 32.9. The molecule has 5 atom stereocenters. The van der Waals surface area contributed by atoms with Crippen molar-refractivity contribution < 1.29 is 37.3 Å². The number of anilines is 1. The third-order valence-corrected chi connectivity index (χ3v) is 15.0. The van der Waals surface area contributed by atoms with Crippen molar-refractivity contribution in [2.75, 3.05) is 90.7 Å². The summed E-state index contributed by atoms with van der Waals surface area (Å²) >= 11 is 6.51. The Morgan fingerprint density at radius 1 is 1.07 bits per heavy atom. The lowest BCUT2D eigenvalue weighted by molar-refractivity contribution is -0.148. The smallest absolute Gasteiger partial charge is 0.303 e. The molecule has 2 amide bonds. The van der Waals surface area contributed by atoms with E-state index in [4.69, 9.17) is 25.8 Å². The Balaban J connectivity index is 1.17. The zero-order chi connectivity index (χ0) is 39.8. The van der Waals surface area contributed by atoms with Gasteiger partial charge in [-0.3, -0.25) is 14.5 Å². The largest absolute Gasteiger partial charge is 0.490 e. The molecule has 2 aromatic carbocycles. The number of hydrogen-bond acceptors (Lipinski definition) is 10. The topological polar surface area (TPSA) is 141 Å². The van der Waals surface area contributed by atoms with Crippen molar-refractivity contribution in [2.24, 2.45) is 11.8 Å². The number of ether oxygens (including phenoxy) is 3. The van der Waals surface area contributed by atoms with Gasteiger partial charge in [0.1, 0.15) is 5.75 Å². The van der Waals surface area contributed by atoms with E-state index in [2.05, 4.69) is 38.8 Å². The maximum atomic E-state index is 14.1. The van der Waals surface area contributed by atoms with Crippen LogP contribution in [0.3, 0.4) is 0 Å². The number of carbonyl (C=O) groups is 2. The number of nitrogens with one attached hydrogen (secondary N) is 1. The SMILES string of the molecule is CN1CC/C=C\C(OCCN2CCOCC2)C2CCC2CN2CC3(CCCc4cc(Cl)ccc43)COc3ccc(cc32)C(O)(C(=O)NS(=O)(=O)N2CCC2)CC1=O. The molecule has 15 heteroatoms. The van der Waals surface area contributed by atoms with Crippen molar-refractivity contribution in [1.29, 1.82) is 0 Å². The Labute approximate surface area is 341 Å². The highest BCUT2D eigenvalue weighted by atomic mass is 35.5. The van der Waals surface area contributed by atoms with Crippen LogP contribution >= 0.6 is 11.6 Å². The molecule has 310 valence electrons. The van der Waals surface area contributed by atoms with Crippen molar-refractivity contribution >= 4 is 39.3 Å². The third-order valence-electron chi connectivity index (χ3n) is 13.2. The van der Waals surface area contributed by atoms with Crippen molar-refractivity contribution in [3.63, 3.8) is 0 Å². The second-order valence-corrected chi connectivity index (χ2v) is 18.9. The average molecular weight is 826 g/mol. The van der Waals surface area contributed by atoms with Crippen LogP contribution in [0.5, 0.6) is 5.75 Å². The van der Waals surface area contributed by atoms with E-state index in [-0.39, 0.29) is 42.0 Å². The van der Waals surface area contributed by atoms with E-state index in [0.717, 1.165) is 69.3 Å². The number of hydrogen-bond donors (Lipinski definition) is 2. The van der Waals surface area contributed by atoms with E-state index in [0.29, 0.717) is 62.1 Å². The lowest BCUT2D eigenvalue weighted by Gasteiger charge is -2.46. The molecule has 0 aromatic heterocycles. The summed E-state index contributed by atoms with van der Waals surface area (Å²) in [6, 6.07) is 11.2. The molecule has 3 fully saturated rings. The van der Waals surface area contributed by atoms with E-state index in [9.17, 15) is 23.1 Å². The van der Waals surface area contributed by atoms with Crippen LogP contribution in [0, 0.1) is 11.8 Å². The van der Waals surface area contributed by atoms with Crippen LogP contribution < -0.4 is 14.4 Å². The number of nitrogens with zero attached hydrogens (tertiary/aromatic N) is 4. The molecule has 13 nitrogen and oxygen atoms in total. The number of fused-ring (bicyclic) bond motifs is 4. The average Bonchev–Trinajstić information content (AvgIpc) is 3.30. The van der Waals surface area contributed by atoms with Gasteiger partial charge in [0.05, 0.1) is 44.6 Å². The quantitative estimate of drug-likeness (QED) is 0.398. The monoisotopic (exact) mass is 825 g/mol. The van der Waals surface area contributed by atoms with Crippen LogP contribution in [0.1, 0.15) is 61.6 Å². The minimum atomic E-state index is -4.22. The van der Waals surface area contributed by atoms with Gasteiger partial charge in [-0.1, -0.05) is 35.9 Å². The molecule has 6 aliphatic rings. The maximum Gasteiger partial charge on any atom is 0.303 e. The van der Waals surface area contributed by atoms with Crippen molar-refractivity contribution in [3.8, 4) is 5.75 Å². The molecule has 2 saturated heterocycles. The van der Waals surface area contributed by atoms with Crippen molar-refractivity contribution in [1.82, 2.24) is 18.8 Å². The maximum absolute atomic E-state index is 14.1. The van der Waals surface area contributed by atoms with Crippen LogP contribution in [0.4, 0.5) is 5.69 Å². The molecule has 5 unspecified atom stereocenters. The molecule has 1 spiro atoms. The molecule has 8 rings (SSSR count). The van der Waals surface area contributed by atoms with E-state index in [1.165, 1.54) is 16.0 Å². The van der Waals surface area contributed by atoms with Gasteiger partial charge in [-0.15, -0.1) is 0 Å². The summed E-state index contributed by atoms with van der Waals surface area (Å²) < 4.78 is 48.6. The summed E-state index contributed by atoms with van der Waals surface area (Å²) in [6.07, 6.45) is 9.56. The molecule has 57 heavy (non-hydrogen) atoms. The zero-order valence-corrected chi connectivity index (χ0v) is 34.4. The summed E-state index contributed by atoms with van der Waals surface area (Å²) in [5, 5.41) is 13.1. The Bertz CT molecular complexity index is 1960. The number of amides is 2. The standard InChI is InChI=1S/C42H56ClN5O8S/c1-45-15-3-2-7-37(55-23-20-46-18-21-54-22-19-46)34-11-8-31(34)27-47-28-41(14-4-6-30-24-33(43)10-12-35(30)41)29-56-38-13-9-32(25-36(38)47)42(51,26-39(45)49)40(50)44-57(52,53)48-16-5-17-48/h2,7,9-10,12-13,24-25,31,34,37,51H,3-6,8,11,14-23,26-29H2,1H3,(H,44,50)/b7-2-. The first-order valence-electron chi connectivity index (χ1n) is 20.6. The molecule has 4 aliphatic heterocycles. The molecule has 2 N–H and O–H groups in total. The van der Waals surface area contributed by atoms with E-state index in [1.54, 1.807) is 25.2 Å². The summed E-state index contributed by atoms with van der Waals surface area (Å²) in [7, 11) is -2.59. The summed E-state index contributed by atoms with van der Waals surface area (Å²) in [5.41, 5.74) is 0.408. The Morgan fingerprint density at radius 3 is 2.65 bits per heavy atom. The fraction of sp³-hybridized carbons (Fsp3) is 0.619. The number of aliphatic hydroxyl groups is 1. The number of halogens is 1. The van der Waals surface area contributed by atoms with E-state index in [1.807, 2.05) is 6.07 Å². The normalized spacial score (nSPS) is 30.6. The van der Waals surface area contributed by atoms with Crippen LogP contribution in [-0.2, 0) is 46.7 Å². The number of aryl methyl sites for hydroxylation is 1. The van der Waals surface area contributed by atoms with E-state index < -0.39 is 34.0 Å². The highest BCUT2D eigenvalue weighted by Crippen LogP contribution is 2.48. The van der Waals surface area contributed by atoms with Gasteiger partial charge in [-0.2, -0.15) is 12.7 Å². The third kappa shape index (κ3) is 8.46. The number of rotatable bonds is 7. The first-order chi connectivity index (χ1) is 27.4. The summed E-state index contributed by atoms with van der Waals surface area (Å²) in [6.45, 7) is 7.35. The molecule has 2 aliphatic carbocycles. The lowest BCUT2D eigenvalue weighted by Crippen LogP contribution is -2.55. The van der Waals surface area contributed by atoms with Crippen molar-refractivity contribution in [3.05, 3.63) is 70.3 Å². The van der Waals surface area contributed by atoms with Gasteiger partial charge in [-0.05, 0) is 97.7 Å². The van der Waals surface area contributed by atoms with Gasteiger partial charge >= 0.3 is 10.2 Å². The summed E-state index contributed by atoms with van der Waals surface area (Å²) in [4.78, 5) is 34.2. The lowest BCUT2D eigenvalue weighted by atomic mass is 9.68. The molecular weight excluding hydrogens is 770 g/mol. The predicted molar refractivity (Wildman–Crippen MR) is 217 cm³/mol. The van der Waals surface area contributed by atoms with Gasteiger partial charge in [0, 0.05) is 69.8 Å². The van der Waals surface area contributed by atoms with Gasteiger partial charge < -0.3 is 29.1 Å². The van der Waals surface area contributed by atoms with Gasteiger partial charge in [0.2, 0.25) is 5.91 Å². The van der Waals surface area contributed by atoms with Gasteiger partial charge in [0.25, 0.3) is 5.91 Å². The Morgan fingerprint density at radius 2 is 1.89 bits per heavy atom. The van der Waals surface area contributed by atoms with Crippen LogP contribution in [0.15, 0.2) is 48.6 Å². The highest BCUT2D eigenvalue weighted by Gasteiger charge is 2.47. The minimum Gasteiger partial charge on any atom is -0.490 e. The molecular formula is C42H56ClN5O8S. The summed E-state index contributed by atoms with van der Waals surface area (Å²) in [5.74, 6) is -0.512. The van der Waals surface area contributed by atoms with Crippen LogP contribution in [-0.4, -0.2) is 131 Å². The molecule has 4 heterocycles. The second kappa shape index (κ2) is 16.8. The van der Waals surface area contributed by atoms with Gasteiger partial charge in [0.15, 0.2) is 5.60 Å². The fourth-order valence-corrected chi connectivity index (χ4v) is 10.9. The van der Waals surface area contributed by atoms with E-state index >= 15 is 0 Å². The molecule has 2 bridgehead atoms. The highest BCUT2D eigenvalue weighted by molar-refractivity contribution is 7.87. The molecule has 0 radical (unpaired) electrons. The van der Waals surface area contributed by atoms with Crippen LogP contribution in [0.25, 0.3) is 0 Å². The first kappa shape index (κ1) is 40.5. The minimum absolute atomic E-state index is 0.0959. The molecule has 2 aromatic rings. The first-order valence-corrected chi connectivity index (χ1v) is 22.4. The predicted octanol–water partition coefficient (Wildman–Crippen LogP) is 3.62. The van der Waals surface area contributed by atoms with Crippen molar-refractivity contribution in [2.45, 2.75) is 68.5 Å². The number of morpholine rings is 1. The fourth-order valence-electron chi connectivity index (χ4n) is 9.46. The molecule has 1 saturated carbocycles. The number of benzene rings is 2. The number of carbonyl (C=O) groups excluding carboxylic acids is 2. The Kier molecular flexibility index (Phi) is 11.9.